The van der Waals surface area contributed by atoms with Gasteiger partial charge in [-0.2, -0.15) is 0 Å². The van der Waals surface area contributed by atoms with Gasteiger partial charge < -0.3 is 9.84 Å². The number of para-hydroxylation sites is 1. The monoisotopic (exact) mass is 357 g/mol. The molecule has 0 spiro atoms. The molecule has 6 heteroatoms. The molecule has 0 saturated carbocycles. The Bertz CT molecular complexity index is 839. The highest BCUT2D eigenvalue weighted by molar-refractivity contribution is 5.35. The minimum atomic E-state index is -0.0597. The van der Waals surface area contributed by atoms with Crippen molar-refractivity contribution in [3.05, 3.63) is 46.0 Å². The Morgan fingerprint density at radius 1 is 1.27 bits per heavy atom. The van der Waals surface area contributed by atoms with Crippen LogP contribution >= 0.6 is 0 Å². The number of benzene rings is 1. The van der Waals surface area contributed by atoms with Crippen molar-refractivity contribution in [1.82, 2.24) is 14.0 Å². The van der Waals surface area contributed by atoms with Crippen LogP contribution in [0.3, 0.4) is 0 Å². The van der Waals surface area contributed by atoms with Crippen molar-refractivity contribution in [3.63, 3.8) is 0 Å². The number of ether oxygens (including phenoxy) is 1. The number of aromatic nitrogens is 2. The molecule has 0 aliphatic carbocycles. The van der Waals surface area contributed by atoms with Gasteiger partial charge in [0, 0.05) is 26.1 Å². The predicted molar refractivity (Wildman–Crippen MR) is 99.7 cm³/mol. The Balaban J connectivity index is 1.27. The number of hydrogen-bond donors (Lipinski definition) is 1. The second-order valence-electron chi connectivity index (χ2n) is 7.37. The van der Waals surface area contributed by atoms with Gasteiger partial charge in [0.25, 0.3) is 0 Å². The van der Waals surface area contributed by atoms with Gasteiger partial charge in [0.1, 0.15) is 5.75 Å². The molecule has 1 atom stereocenters. The average molecular weight is 357 g/mol. The van der Waals surface area contributed by atoms with Gasteiger partial charge in [-0.3, -0.25) is 14.0 Å². The van der Waals surface area contributed by atoms with Crippen molar-refractivity contribution in [2.45, 2.75) is 57.8 Å². The van der Waals surface area contributed by atoms with E-state index in [-0.39, 0.29) is 17.8 Å². The van der Waals surface area contributed by atoms with Crippen molar-refractivity contribution >= 4 is 0 Å². The van der Waals surface area contributed by atoms with E-state index in [1.165, 1.54) is 10.1 Å². The molecule has 1 aromatic heterocycles. The second kappa shape index (κ2) is 7.19. The molecule has 4 rings (SSSR count). The van der Waals surface area contributed by atoms with Crippen molar-refractivity contribution < 1.29 is 9.84 Å². The van der Waals surface area contributed by atoms with E-state index in [9.17, 15) is 9.90 Å². The molecule has 0 unspecified atom stereocenters. The molecule has 1 N–H and O–H groups in total. The van der Waals surface area contributed by atoms with Crippen LogP contribution in [0.15, 0.2) is 29.1 Å². The smallest absolute Gasteiger partial charge is 0.331 e. The van der Waals surface area contributed by atoms with E-state index in [1.807, 2.05) is 12.1 Å². The Morgan fingerprint density at radius 3 is 2.96 bits per heavy atom. The van der Waals surface area contributed by atoms with Crippen LogP contribution in [0, 0.1) is 0 Å². The third-order valence-electron chi connectivity index (χ3n) is 5.63. The maximum absolute atomic E-state index is 12.3. The van der Waals surface area contributed by atoms with E-state index < -0.39 is 0 Å². The Morgan fingerprint density at radius 2 is 2.12 bits per heavy atom. The lowest BCUT2D eigenvalue weighted by Gasteiger charge is -2.32. The summed E-state index contributed by atoms with van der Waals surface area (Å²) in [4.78, 5) is 14.6. The third kappa shape index (κ3) is 3.14. The van der Waals surface area contributed by atoms with Crippen LogP contribution in [0.1, 0.15) is 36.9 Å². The number of imidazole rings is 1. The predicted octanol–water partition coefficient (Wildman–Crippen LogP) is 2.36. The van der Waals surface area contributed by atoms with Crippen LogP contribution in [0.25, 0.3) is 0 Å². The van der Waals surface area contributed by atoms with Crippen LogP contribution in [-0.2, 0) is 25.9 Å². The highest BCUT2D eigenvalue weighted by Gasteiger charge is 2.24. The zero-order valence-corrected chi connectivity index (χ0v) is 15.4. The molecule has 2 aliphatic heterocycles. The molecule has 0 amide bonds. The fourth-order valence-electron chi connectivity index (χ4n) is 4.11. The van der Waals surface area contributed by atoms with Crippen LogP contribution in [0.5, 0.6) is 11.6 Å². The molecular weight excluding hydrogens is 330 g/mol. The van der Waals surface area contributed by atoms with Crippen molar-refractivity contribution in [3.8, 4) is 11.6 Å². The van der Waals surface area contributed by atoms with Crippen LogP contribution < -0.4 is 10.4 Å². The second-order valence-corrected chi connectivity index (χ2v) is 7.37. The van der Waals surface area contributed by atoms with Gasteiger partial charge in [-0.25, -0.2) is 4.79 Å². The first-order chi connectivity index (χ1) is 12.6. The zero-order valence-electron chi connectivity index (χ0n) is 15.4. The molecule has 140 valence electrons. The topological polar surface area (TPSA) is 59.6 Å². The first-order valence-electron chi connectivity index (χ1n) is 9.61. The first-order valence-corrected chi connectivity index (χ1v) is 9.61. The Kier molecular flexibility index (Phi) is 4.76. The molecule has 0 saturated heterocycles. The van der Waals surface area contributed by atoms with Crippen LogP contribution in [0.4, 0.5) is 0 Å². The normalized spacial score (nSPS) is 18.6. The van der Waals surface area contributed by atoms with Gasteiger partial charge in [0.05, 0.1) is 5.69 Å². The van der Waals surface area contributed by atoms with Gasteiger partial charge >= 0.3 is 5.69 Å². The summed E-state index contributed by atoms with van der Waals surface area (Å²) in [5.74, 6) is 1.17. The lowest BCUT2D eigenvalue weighted by Crippen LogP contribution is -2.39. The molecule has 0 bridgehead atoms. The van der Waals surface area contributed by atoms with Crippen molar-refractivity contribution in [2.24, 2.45) is 0 Å². The van der Waals surface area contributed by atoms with Gasteiger partial charge in [-0.1, -0.05) is 18.2 Å². The summed E-state index contributed by atoms with van der Waals surface area (Å²) < 4.78 is 9.36. The summed E-state index contributed by atoms with van der Waals surface area (Å²) in [5.41, 5.74) is 2.03. The van der Waals surface area contributed by atoms with E-state index in [4.69, 9.17) is 4.74 Å². The van der Waals surface area contributed by atoms with E-state index in [0.29, 0.717) is 6.54 Å². The van der Waals surface area contributed by atoms with Crippen molar-refractivity contribution in [1.29, 1.82) is 0 Å². The highest BCUT2D eigenvalue weighted by Crippen LogP contribution is 2.28. The summed E-state index contributed by atoms with van der Waals surface area (Å²) in [6.07, 6.45) is 5.74. The number of aromatic hydroxyl groups is 1. The number of nitrogens with zero attached hydrogens (tertiary/aromatic N) is 3. The van der Waals surface area contributed by atoms with Gasteiger partial charge in [-0.05, 0) is 50.8 Å². The Labute approximate surface area is 153 Å². The molecule has 0 radical (unpaired) electrons. The van der Waals surface area contributed by atoms with E-state index in [0.717, 1.165) is 63.1 Å². The fourth-order valence-corrected chi connectivity index (χ4v) is 4.11. The minimum absolute atomic E-state index is 0.0597. The van der Waals surface area contributed by atoms with E-state index in [1.54, 1.807) is 4.57 Å². The lowest BCUT2D eigenvalue weighted by molar-refractivity contribution is 0.0268. The molecule has 2 aliphatic rings. The van der Waals surface area contributed by atoms with E-state index in [2.05, 4.69) is 24.1 Å². The molecule has 2 aromatic rings. The third-order valence-corrected chi connectivity index (χ3v) is 5.63. The van der Waals surface area contributed by atoms with Crippen LogP contribution in [-0.4, -0.2) is 39.0 Å². The minimum Gasteiger partial charge on any atom is -0.493 e. The van der Waals surface area contributed by atoms with Gasteiger partial charge in [-0.15, -0.1) is 0 Å². The number of aryl methyl sites for hydroxylation is 1. The maximum atomic E-state index is 12.3. The highest BCUT2D eigenvalue weighted by atomic mass is 16.5. The summed E-state index contributed by atoms with van der Waals surface area (Å²) in [6.45, 7) is 2.22. The van der Waals surface area contributed by atoms with E-state index >= 15 is 0 Å². The summed E-state index contributed by atoms with van der Waals surface area (Å²) in [7, 11) is 2.09. The SMILES string of the molecule is CN(CCCCn1c(O)c2n(c1=O)CCC2)[C@H]1CCc2ccccc2O1. The molecular formula is C20H27N3O3. The Hall–Kier alpha value is -2.21. The average Bonchev–Trinajstić information content (AvgIpc) is 3.23. The largest absolute Gasteiger partial charge is 0.493 e. The molecule has 1 aromatic carbocycles. The number of unbranched alkanes of at least 4 members (excludes halogenated alkanes) is 1. The molecule has 26 heavy (non-hydrogen) atoms. The van der Waals surface area contributed by atoms with Crippen LogP contribution in [0.2, 0.25) is 0 Å². The number of fused-ring (bicyclic) bond motifs is 2. The maximum Gasteiger partial charge on any atom is 0.331 e. The lowest BCUT2D eigenvalue weighted by atomic mass is 10.0. The van der Waals surface area contributed by atoms with Gasteiger partial charge in [0.2, 0.25) is 5.88 Å². The summed E-state index contributed by atoms with van der Waals surface area (Å²) >= 11 is 0. The standard InChI is InChI=1S/C20H27N3O3/c1-21(18-11-10-15-7-2-3-9-17(15)26-18)12-4-5-13-23-19(24)16-8-6-14-22(16)20(23)25/h2-3,7,9,18,24H,4-6,8,10-14H2,1H3/t18-/m1/s1. The number of hydrogen-bond acceptors (Lipinski definition) is 4. The number of rotatable bonds is 6. The van der Waals surface area contributed by atoms with Gasteiger partial charge in [0.15, 0.2) is 6.23 Å². The summed E-state index contributed by atoms with van der Waals surface area (Å²) in [5, 5.41) is 10.2. The first kappa shape index (κ1) is 17.2. The fraction of sp³-hybridized carbons (Fsp3) is 0.550. The molecule has 6 nitrogen and oxygen atoms in total. The molecule has 3 heterocycles. The quantitative estimate of drug-likeness (QED) is 0.807. The molecule has 0 fully saturated rings. The van der Waals surface area contributed by atoms with Crippen molar-refractivity contribution in [2.75, 3.05) is 13.6 Å². The zero-order chi connectivity index (χ0) is 18.1. The summed E-state index contributed by atoms with van der Waals surface area (Å²) in [6, 6.07) is 8.24.